The molecule has 3 heteroatoms. The summed E-state index contributed by atoms with van der Waals surface area (Å²) in [5.41, 5.74) is 0. The molecule has 13 heavy (non-hydrogen) atoms. The van der Waals surface area contributed by atoms with Crippen molar-refractivity contribution in [2.45, 2.75) is 25.3 Å². The largest absolute Gasteiger partial charge is 0.516 e. The quantitative estimate of drug-likeness (QED) is 0.521. The van der Waals surface area contributed by atoms with Gasteiger partial charge in [0.2, 0.25) is 0 Å². The van der Waals surface area contributed by atoms with Gasteiger partial charge in [-0.2, -0.15) is 0 Å². The molecule has 1 atom stereocenters. The van der Waals surface area contributed by atoms with Crippen molar-refractivity contribution in [1.82, 2.24) is 4.90 Å². The summed E-state index contributed by atoms with van der Waals surface area (Å²) >= 11 is 0. The van der Waals surface area contributed by atoms with Crippen LogP contribution in [0.4, 0.5) is 0 Å². The van der Waals surface area contributed by atoms with Gasteiger partial charge in [0.05, 0.1) is 6.26 Å². The predicted molar refractivity (Wildman–Crippen MR) is 52.9 cm³/mol. The third-order valence-electron chi connectivity index (χ3n) is 2.52. The third-order valence-corrected chi connectivity index (χ3v) is 2.52. The lowest BCUT2D eigenvalue weighted by Crippen LogP contribution is -2.29. The van der Waals surface area contributed by atoms with E-state index in [0.717, 1.165) is 26.1 Å². The minimum atomic E-state index is 0.446. The fraction of sp³-hybridized carbons (Fsp3) is 0.800. The highest BCUT2D eigenvalue weighted by atomic mass is 16.5. The van der Waals surface area contributed by atoms with Gasteiger partial charge in [0.15, 0.2) is 0 Å². The molecule has 0 saturated carbocycles. The summed E-state index contributed by atoms with van der Waals surface area (Å²) in [5.74, 6) is 0. The molecule has 76 valence electrons. The minimum Gasteiger partial charge on any atom is -0.516 e. The number of likely N-dealkylation sites (tertiary alicyclic amines) is 1. The molecule has 0 spiro atoms. The molecule has 0 aromatic rings. The second kappa shape index (κ2) is 6.00. The van der Waals surface area contributed by atoms with Crippen LogP contribution in [0.2, 0.25) is 0 Å². The fourth-order valence-corrected chi connectivity index (χ4v) is 1.86. The highest BCUT2D eigenvalue weighted by Crippen LogP contribution is 2.17. The van der Waals surface area contributed by atoms with Gasteiger partial charge in [0, 0.05) is 26.3 Å². The molecule has 0 aromatic heterocycles. The van der Waals surface area contributed by atoms with Crippen LogP contribution in [-0.2, 0) is 4.74 Å². The zero-order valence-electron chi connectivity index (χ0n) is 8.28. The number of aliphatic hydroxyl groups excluding tert-OH is 1. The molecule has 1 heterocycles. The van der Waals surface area contributed by atoms with Crippen LogP contribution in [0.3, 0.4) is 0 Å². The lowest BCUT2D eigenvalue weighted by atomic mass is 10.2. The first-order chi connectivity index (χ1) is 6.38. The van der Waals surface area contributed by atoms with Crippen molar-refractivity contribution in [3.8, 4) is 0 Å². The van der Waals surface area contributed by atoms with E-state index in [1.165, 1.54) is 19.1 Å². The molecule has 1 unspecified atom stereocenters. The zero-order chi connectivity index (χ0) is 9.52. The summed E-state index contributed by atoms with van der Waals surface area (Å²) in [5, 5.41) is 8.68. The molecule has 0 aliphatic carbocycles. The second-order valence-corrected chi connectivity index (χ2v) is 3.43. The van der Waals surface area contributed by atoms with E-state index in [0.29, 0.717) is 6.04 Å². The summed E-state index contributed by atoms with van der Waals surface area (Å²) < 4.78 is 5.00. The summed E-state index contributed by atoms with van der Waals surface area (Å²) in [6.45, 7) is 3.05. The average molecular weight is 185 g/mol. The minimum absolute atomic E-state index is 0.446. The molecule has 0 amide bonds. The predicted octanol–water partition coefficient (Wildman–Crippen LogP) is 1.56. The first-order valence-corrected chi connectivity index (χ1v) is 4.92. The van der Waals surface area contributed by atoms with Crippen LogP contribution in [0.15, 0.2) is 12.3 Å². The Balaban J connectivity index is 2.22. The first kappa shape index (κ1) is 10.5. The van der Waals surface area contributed by atoms with Crippen molar-refractivity contribution in [2.24, 2.45) is 0 Å². The van der Waals surface area contributed by atoms with E-state index in [-0.39, 0.29) is 0 Å². The first-order valence-electron chi connectivity index (χ1n) is 4.92. The Labute approximate surface area is 80.0 Å². The van der Waals surface area contributed by atoms with Crippen LogP contribution in [0.25, 0.3) is 0 Å². The number of nitrogens with zero attached hydrogens (tertiary/aromatic N) is 1. The molecule has 1 fully saturated rings. The maximum Gasteiger partial charge on any atom is 0.0767 e. The van der Waals surface area contributed by atoms with Crippen LogP contribution in [0, 0.1) is 0 Å². The molecule has 0 aromatic carbocycles. The monoisotopic (exact) mass is 185 g/mol. The van der Waals surface area contributed by atoms with Crippen molar-refractivity contribution in [3.63, 3.8) is 0 Å². The van der Waals surface area contributed by atoms with Gasteiger partial charge in [-0.3, -0.25) is 4.90 Å². The SMILES string of the molecule is COCCCN1CCCC1/C=C/O. The molecule has 1 aliphatic heterocycles. The molecular formula is C10H19NO2. The topological polar surface area (TPSA) is 32.7 Å². The van der Waals surface area contributed by atoms with E-state index in [9.17, 15) is 0 Å². The van der Waals surface area contributed by atoms with Crippen molar-refractivity contribution < 1.29 is 9.84 Å². The number of rotatable bonds is 5. The van der Waals surface area contributed by atoms with E-state index in [4.69, 9.17) is 9.84 Å². The third kappa shape index (κ3) is 3.36. The Morgan fingerprint density at radius 2 is 2.46 bits per heavy atom. The van der Waals surface area contributed by atoms with Gasteiger partial charge in [-0.15, -0.1) is 0 Å². The number of hydrogen-bond acceptors (Lipinski definition) is 3. The van der Waals surface area contributed by atoms with Crippen LogP contribution < -0.4 is 0 Å². The molecule has 1 N–H and O–H groups in total. The maximum atomic E-state index is 8.68. The smallest absolute Gasteiger partial charge is 0.0767 e. The molecule has 1 rings (SSSR count). The molecule has 0 bridgehead atoms. The Morgan fingerprint density at radius 1 is 1.62 bits per heavy atom. The second-order valence-electron chi connectivity index (χ2n) is 3.43. The summed E-state index contributed by atoms with van der Waals surface area (Å²) in [7, 11) is 1.73. The Kier molecular flexibility index (Phi) is 4.86. The summed E-state index contributed by atoms with van der Waals surface area (Å²) in [6.07, 6.45) is 6.53. The Hall–Kier alpha value is -0.540. The molecule has 0 radical (unpaired) electrons. The van der Waals surface area contributed by atoms with Crippen LogP contribution in [0.1, 0.15) is 19.3 Å². The van der Waals surface area contributed by atoms with E-state index < -0.39 is 0 Å². The fourth-order valence-electron chi connectivity index (χ4n) is 1.86. The normalized spacial score (nSPS) is 24.5. The number of methoxy groups -OCH3 is 1. The maximum absolute atomic E-state index is 8.68. The highest BCUT2D eigenvalue weighted by Gasteiger charge is 2.21. The van der Waals surface area contributed by atoms with E-state index in [2.05, 4.69) is 4.90 Å². The summed E-state index contributed by atoms with van der Waals surface area (Å²) in [6, 6.07) is 0.446. The highest BCUT2D eigenvalue weighted by molar-refractivity contribution is 4.93. The zero-order valence-corrected chi connectivity index (χ0v) is 8.28. The van der Waals surface area contributed by atoms with Crippen molar-refractivity contribution in [1.29, 1.82) is 0 Å². The molecular weight excluding hydrogens is 166 g/mol. The Morgan fingerprint density at radius 3 is 3.15 bits per heavy atom. The van der Waals surface area contributed by atoms with Crippen LogP contribution >= 0.6 is 0 Å². The molecule has 1 aliphatic rings. The number of aliphatic hydroxyl groups is 1. The van der Waals surface area contributed by atoms with Gasteiger partial charge in [0.25, 0.3) is 0 Å². The van der Waals surface area contributed by atoms with Crippen molar-refractivity contribution in [3.05, 3.63) is 12.3 Å². The van der Waals surface area contributed by atoms with Gasteiger partial charge in [0.1, 0.15) is 0 Å². The van der Waals surface area contributed by atoms with Crippen LogP contribution in [-0.4, -0.2) is 42.9 Å². The van der Waals surface area contributed by atoms with Gasteiger partial charge in [-0.1, -0.05) is 0 Å². The van der Waals surface area contributed by atoms with Gasteiger partial charge in [-0.25, -0.2) is 0 Å². The standard InChI is InChI=1S/C10H19NO2/c1-13-9-3-7-11-6-2-4-10(11)5-8-12/h5,8,10,12H,2-4,6-7,9H2,1H3/b8-5+. The molecule has 1 saturated heterocycles. The van der Waals surface area contributed by atoms with Crippen molar-refractivity contribution >= 4 is 0 Å². The van der Waals surface area contributed by atoms with E-state index in [1.807, 2.05) is 6.08 Å². The number of ether oxygens (including phenoxy) is 1. The number of hydrogen-bond donors (Lipinski definition) is 1. The van der Waals surface area contributed by atoms with E-state index >= 15 is 0 Å². The van der Waals surface area contributed by atoms with Gasteiger partial charge in [-0.05, 0) is 31.9 Å². The van der Waals surface area contributed by atoms with Gasteiger partial charge < -0.3 is 9.84 Å². The van der Waals surface area contributed by atoms with E-state index in [1.54, 1.807) is 7.11 Å². The molecule has 3 nitrogen and oxygen atoms in total. The lowest BCUT2D eigenvalue weighted by Gasteiger charge is -2.20. The Bertz CT molecular complexity index is 159. The van der Waals surface area contributed by atoms with Gasteiger partial charge >= 0.3 is 0 Å². The van der Waals surface area contributed by atoms with Crippen LogP contribution in [0.5, 0.6) is 0 Å². The average Bonchev–Trinajstić information content (AvgIpc) is 2.54. The van der Waals surface area contributed by atoms with Crippen molar-refractivity contribution in [2.75, 3.05) is 26.8 Å². The lowest BCUT2D eigenvalue weighted by molar-refractivity contribution is 0.173. The summed E-state index contributed by atoms with van der Waals surface area (Å²) in [4.78, 5) is 2.39.